The number of carbonyl (C=O) groups is 3. The minimum Gasteiger partial charge on any atom is -0.444 e. The normalized spacial score (nSPS) is 16.4. The molecule has 0 radical (unpaired) electrons. The Balaban J connectivity index is 2.09. The highest BCUT2D eigenvalue weighted by molar-refractivity contribution is 7.16. The maximum absolute atomic E-state index is 11.7. The van der Waals surface area contributed by atoms with Crippen molar-refractivity contribution in [2.24, 2.45) is 0 Å². The molecule has 2 heterocycles. The van der Waals surface area contributed by atoms with E-state index in [4.69, 9.17) is 4.74 Å². The van der Waals surface area contributed by atoms with Crippen molar-refractivity contribution in [1.82, 2.24) is 4.98 Å². The van der Waals surface area contributed by atoms with Gasteiger partial charge < -0.3 is 9.47 Å². The molecule has 8 heteroatoms. The van der Waals surface area contributed by atoms with Crippen LogP contribution in [-0.4, -0.2) is 28.6 Å². The molecule has 1 N–H and O–H groups in total. The summed E-state index contributed by atoms with van der Waals surface area (Å²) >= 11 is 1.24. The van der Waals surface area contributed by atoms with Crippen LogP contribution >= 0.6 is 11.3 Å². The number of thiazole rings is 1. The number of aromatic nitrogens is 1. The number of cyclic esters (lactones) is 2. The third kappa shape index (κ3) is 4.27. The highest BCUT2D eigenvalue weighted by atomic mass is 32.1. The van der Waals surface area contributed by atoms with Crippen LogP contribution in [0.5, 0.6) is 0 Å². The fourth-order valence-corrected chi connectivity index (χ4v) is 3.15. The number of anilines is 1. The molecule has 120 valence electrons. The van der Waals surface area contributed by atoms with E-state index in [1.165, 1.54) is 11.3 Å². The standard InChI is InChI=1S/C14H18N2O5S/c1-7-11(8-5-9(17)20-10(18)6-8)22-12(15-7)16-13(19)21-14(2,3)4/h8H,5-6H2,1-4H3,(H,15,16,19). The van der Waals surface area contributed by atoms with Crippen LogP contribution in [0.15, 0.2) is 0 Å². The van der Waals surface area contributed by atoms with Crippen LogP contribution in [0.4, 0.5) is 9.93 Å². The summed E-state index contributed by atoms with van der Waals surface area (Å²) < 4.78 is 9.68. The largest absolute Gasteiger partial charge is 0.444 e. The van der Waals surface area contributed by atoms with Crippen molar-refractivity contribution in [2.75, 3.05) is 5.32 Å². The van der Waals surface area contributed by atoms with Gasteiger partial charge in [0.05, 0.1) is 18.5 Å². The summed E-state index contributed by atoms with van der Waals surface area (Å²) in [6.07, 6.45) is -0.312. The molecule has 0 spiro atoms. The maximum Gasteiger partial charge on any atom is 0.413 e. The minimum absolute atomic E-state index is 0.140. The molecule has 0 saturated carbocycles. The van der Waals surface area contributed by atoms with Crippen LogP contribution in [-0.2, 0) is 19.1 Å². The average Bonchev–Trinajstić information content (AvgIpc) is 2.66. The number of nitrogens with zero attached hydrogens (tertiary/aromatic N) is 1. The first-order valence-electron chi connectivity index (χ1n) is 6.85. The SMILES string of the molecule is Cc1nc(NC(=O)OC(C)(C)C)sc1C1CC(=O)OC(=O)C1. The number of amides is 1. The Bertz CT molecular complexity index is 601. The second-order valence-corrected chi connectivity index (χ2v) is 7.08. The van der Waals surface area contributed by atoms with Crippen LogP contribution in [0.25, 0.3) is 0 Å². The Morgan fingerprint density at radius 3 is 2.45 bits per heavy atom. The molecule has 0 bridgehead atoms. The summed E-state index contributed by atoms with van der Waals surface area (Å²) in [5.41, 5.74) is 0.0854. The van der Waals surface area contributed by atoms with E-state index in [-0.39, 0.29) is 18.8 Å². The Morgan fingerprint density at radius 1 is 1.32 bits per heavy atom. The third-order valence-electron chi connectivity index (χ3n) is 2.86. The quantitative estimate of drug-likeness (QED) is 0.663. The highest BCUT2D eigenvalue weighted by Crippen LogP contribution is 2.36. The van der Waals surface area contributed by atoms with Gasteiger partial charge in [-0.1, -0.05) is 0 Å². The zero-order valence-corrected chi connectivity index (χ0v) is 13.7. The van der Waals surface area contributed by atoms with E-state index >= 15 is 0 Å². The van der Waals surface area contributed by atoms with Gasteiger partial charge in [-0.3, -0.25) is 14.9 Å². The molecule has 22 heavy (non-hydrogen) atoms. The first-order chi connectivity index (χ1) is 10.1. The van der Waals surface area contributed by atoms with Crippen molar-refractivity contribution >= 4 is 34.5 Å². The van der Waals surface area contributed by atoms with Gasteiger partial charge in [-0.15, -0.1) is 11.3 Å². The summed E-state index contributed by atoms with van der Waals surface area (Å²) in [6, 6.07) is 0. The first kappa shape index (κ1) is 16.4. The second-order valence-electron chi connectivity index (χ2n) is 6.05. The van der Waals surface area contributed by atoms with Crippen LogP contribution in [0.3, 0.4) is 0 Å². The lowest BCUT2D eigenvalue weighted by Crippen LogP contribution is -2.27. The van der Waals surface area contributed by atoms with Crippen molar-refractivity contribution < 1.29 is 23.9 Å². The molecule has 2 rings (SSSR count). The van der Waals surface area contributed by atoms with Gasteiger partial charge in [0.2, 0.25) is 0 Å². The lowest BCUT2D eigenvalue weighted by Gasteiger charge is -2.19. The number of esters is 2. The number of rotatable bonds is 2. The number of aryl methyl sites for hydroxylation is 1. The predicted molar refractivity (Wildman–Crippen MR) is 79.8 cm³/mol. The van der Waals surface area contributed by atoms with Gasteiger partial charge in [-0.05, 0) is 27.7 Å². The first-order valence-corrected chi connectivity index (χ1v) is 7.66. The number of carbonyl (C=O) groups excluding carboxylic acids is 3. The lowest BCUT2D eigenvalue weighted by atomic mass is 9.97. The molecule has 7 nitrogen and oxygen atoms in total. The topological polar surface area (TPSA) is 94.6 Å². The third-order valence-corrected chi connectivity index (χ3v) is 4.10. The number of ether oxygens (including phenoxy) is 2. The number of hydrogen-bond acceptors (Lipinski definition) is 7. The van der Waals surface area contributed by atoms with Gasteiger partial charge in [-0.25, -0.2) is 9.78 Å². The van der Waals surface area contributed by atoms with E-state index in [2.05, 4.69) is 15.0 Å². The molecule has 1 amide bonds. The van der Waals surface area contributed by atoms with E-state index in [9.17, 15) is 14.4 Å². The fraction of sp³-hybridized carbons (Fsp3) is 0.571. The minimum atomic E-state index is -0.598. The van der Waals surface area contributed by atoms with Crippen molar-refractivity contribution in [1.29, 1.82) is 0 Å². The molecular formula is C14H18N2O5S. The van der Waals surface area contributed by atoms with Gasteiger partial charge in [0, 0.05) is 10.8 Å². The maximum atomic E-state index is 11.7. The summed E-state index contributed by atoms with van der Waals surface area (Å²) in [6.45, 7) is 7.08. The molecule has 1 aliphatic heterocycles. The monoisotopic (exact) mass is 326 g/mol. The molecule has 0 atom stereocenters. The van der Waals surface area contributed by atoms with Crippen molar-refractivity contribution in [3.05, 3.63) is 10.6 Å². The van der Waals surface area contributed by atoms with Crippen molar-refractivity contribution in [2.45, 2.75) is 52.1 Å². The van der Waals surface area contributed by atoms with E-state index < -0.39 is 23.6 Å². The molecule has 1 aromatic rings. The van der Waals surface area contributed by atoms with Gasteiger partial charge in [0.25, 0.3) is 0 Å². The Hall–Kier alpha value is -1.96. The Morgan fingerprint density at radius 2 is 1.91 bits per heavy atom. The van der Waals surface area contributed by atoms with E-state index in [0.29, 0.717) is 10.8 Å². The molecule has 1 saturated heterocycles. The molecule has 0 aromatic carbocycles. The van der Waals surface area contributed by atoms with E-state index in [1.807, 2.05) is 0 Å². The van der Waals surface area contributed by atoms with Crippen molar-refractivity contribution in [3.63, 3.8) is 0 Å². The highest BCUT2D eigenvalue weighted by Gasteiger charge is 2.31. The van der Waals surface area contributed by atoms with E-state index in [0.717, 1.165) is 4.88 Å². The second kappa shape index (κ2) is 6.04. The molecule has 1 fully saturated rings. The zero-order chi connectivity index (χ0) is 16.5. The van der Waals surface area contributed by atoms with Crippen LogP contribution in [0, 0.1) is 6.92 Å². The number of hydrogen-bond donors (Lipinski definition) is 1. The van der Waals surface area contributed by atoms with E-state index in [1.54, 1.807) is 27.7 Å². The molecule has 1 aliphatic rings. The predicted octanol–water partition coefficient (Wildman–Crippen LogP) is 2.75. The smallest absolute Gasteiger partial charge is 0.413 e. The van der Waals surface area contributed by atoms with Crippen LogP contribution < -0.4 is 5.32 Å². The molecule has 1 aromatic heterocycles. The number of nitrogens with one attached hydrogen (secondary N) is 1. The summed E-state index contributed by atoms with van der Waals surface area (Å²) in [4.78, 5) is 39.5. The lowest BCUT2D eigenvalue weighted by molar-refractivity contribution is -0.163. The van der Waals surface area contributed by atoms with Gasteiger partial charge in [0.1, 0.15) is 5.60 Å². The van der Waals surface area contributed by atoms with Gasteiger partial charge in [-0.2, -0.15) is 0 Å². The molecular weight excluding hydrogens is 308 g/mol. The van der Waals surface area contributed by atoms with Crippen molar-refractivity contribution in [3.8, 4) is 0 Å². The summed E-state index contributed by atoms with van der Waals surface area (Å²) in [5, 5.41) is 2.95. The van der Waals surface area contributed by atoms with Gasteiger partial charge in [0.15, 0.2) is 5.13 Å². The Kier molecular flexibility index (Phi) is 4.50. The van der Waals surface area contributed by atoms with Crippen LogP contribution in [0.2, 0.25) is 0 Å². The van der Waals surface area contributed by atoms with Crippen LogP contribution in [0.1, 0.15) is 50.1 Å². The average molecular weight is 326 g/mol. The fourth-order valence-electron chi connectivity index (χ4n) is 2.10. The summed E-state index contributed by atoms with van der Waals surface area (Å²) in [7, 11) is 0. The summed E-state index contributed by atoms with van der Waals surface area (Å²) in [5.74, 6) is -1.31. The van der Waals surface area contributed by atoms with Gasteiger partial charge >= 0.3 is 18.0 Å². The molecule has 0 unspecified atom stereocenters. The molecule has 0 aliphatic carbocycles. The Labute approximate surface area is 132 Å². The zero-order valence-electron chi connectivity index (χ0n) is 12.9.